The van der Waals surface area contributed by atoms with Crippen LogP contribution < -0.4 is 5.32 Å². The van der Waals surface area contributed by atoms with Crippen LogP contribution >= 0.6 is 0 Å². The molecule has 2 heterocycles. The summed E-state index contributed by atoms with van der Waals surface area (Å²) in [6.45, 7) is 0.427. The normalized spacial score (nSPS) is 9.72. The first-order valence-corrected chi connectivity index (χ1v) is 4.97. The average Bonchev–Trinajstić information content (AvgIpc) is 2.89. The molecule has 2 aromatic heterocycles. The number of nitriles is 1. The fraction of sp³-hybridized carbons (Fsp3) is 0.100. The Morgan fingerprint density at radius 1 is 1.56 bits per heavy atom. The molecule has 0 aromatic carbocycles. The number of aromatic amines is 1. The molecule has 0 fully saturated rings. The minimum atomic E-state index is -0.590. The summed E-state index contributed by atoms with van der Waals surface area (Å²) in [6, 6.07) is 3.05. The number of rotatable bonds is 4. The smallest absolute Gasteiger partial charge is 0.289 e. The van der Waals surface area contributed by atoms with Gasteiger partial charge in [-0.05, 0) is 0 Å². The molecular weight excluding hydrogens is 236 g/mol. The summed E-state index contributed by atoms with van der Waals surface area (Å²) in [5.41, 5.74) is 0.812. The first-order chi connectivity index (χ1) is 8.70. The van der Waals surface area contributed by atoms with Crippen LogP contribution in [0.2, 0.25) is 0 Å². The maximum absolute atomic E-state index is 10.5. The first-order valence-electron chi connectivity index (χ1n) is 4.97. The maximum atomic E-state index is 10.5. The lowest BCUT2D eigenvalue weighted by molar-refractivity contribution is -0.385. The Kier molecular flexibility index (Phi) is 3.15. The molecule has 0 radical (unpaired) electrons. The monoisotopic (exact) mass is 244 g/mol. The number of anilines is 1. The van der Waals surface area contributed by atoms with Gasteiger partial charge in [0.2, 0.25) is 0 Å². The van der Waals surface area contributed by atoms with Crippen molar-refractivity contribution >= 4 is 11.5 Å². The lowest BCUT2D eigenvalue weighted by atomic mass is 10.2. The molecule has 8 nitrogen and oxygen atoms in total. The molecule has 0 atom stereocenters. The molecule has 2 N–H and O–H groups in total. The van der Waals surface area contributed by atoms with Crippen molar-refractivity contribution in [3.8, 4) is 6.07 Å². The van der Waals surface area contributed by atoms with Gasteiger partial charge in [-0.2, -0.15) is 10.4 Å². The number of hydrogen-bond acceptors (Lipinski definition) is 6. The van der Waals surface area contributed by atoms with Crippen LogP contribution in [0, 0.1) is 21.4 Å². The molecule has 2 rings (SSSR count). The third-order valence-corrected chi connectivity index (χ3v) is 2.22. The van der Waals surface area contributed by atoms with Crippen LogP contribution in [0.5, 0.6) is 0 Å². The fourth-order valence-corrected chi connectivity index (χ4v) is 1.34. The minimum absolute atomic E-state index is 0.132. The van der Waals surface area contributed by atoms with Crippen LogP contribution in [-0.2, 0) is 6.54 Å². The second-order valence-corrected chi connectivity index (χ2v) is 3.42. The predicted octanol–water partition coefficient (Wildman–Crippen LogP) is 1.20. The highest BCUT2D eigenvalue weighted by Gasteiger charge is 2.11. The van der Waals surface area contributed by atoms with Crippen LogP contribution in [0.25, 0.3) is 0 Å². The van der Waals surface area contributed by atoms with Gasteiger partial charge in [-0.1, -0.05) is 0 Å². The zero-order valence-corrected chi connectivity index (χ0v) is 9.12. The third-order valence-electron chi connectivity index (χ3n) is 2.22. The Labute approximate surface area is 101 Å². The predicted molar refractivity (Wildman–Crippen MR) is 61.5 cm³/mol. The van der Waals surface area contributed by atoms with E-state index in [9.17, 15) is 10.1 Å². The van der Waals surface area contributed by atoms with Crippen molar-refractivity contribution < 1.29 is 4.92 Å². The quantitative estimate of drug-likeness (QED) is 0.615. The fourth-order valence-electron chi connectivity index (χ4n) is 1.34. The van der Waals surface area contributed by atoms with Crippen molar-refractivity contribution in [2.24, 2.45) is 0 Å². The number of nitro groups is 1. The van der Waals surface area contributed by atoms with Gasteiger partial charge < -0.3 is 5.32 Å². The summed E-state index contributed by atoms with van der Waals surface area (Å²) in [4.78, 5) is 13.8. The molecule has 18 heavy (non-hydrogen) atoms. The molecule has 90 valence electrons. The highest BCUT2D eigenvalue weighted by molar-refractivity contribution is 5.55. The molecule has 0 aliphatic carbocycles. The molecule has 2 aromatic rings. The number of H-pyrrole nitrogens is 1. The van der Waals surface area contributed by atoms with Crippen molar-refractivity contribution in [3.63, 3.8) is 0 Å². The maximum Gasteiger partial charge on any atom is 0.289 e. The number of aromatic nitrogens is 3. The molecule has 0 unspecified atom stereocenters. The van der Waals surface area contributed by atoms with Gasteiger partial charge in [-0.3, -0.25) is 15.2 Å². The largest absolute Gasteiger partial charge is 0.365 e. The van der Waals surface area contributed by atoms with Crippen molar-refractivity contribution in [2.75, 3.05) is 5.32 Å². The number of hydrogen-bond donors (Lipinski definition) is 2. The molecule has 8 heteroatoms. The summed E-state index contributed by atoms with van der Waals surface area (Å²) in [6.07, 6.45) is 4.44. The van der Waals surface area contributed by atoms with Gasteiger partial charge in [0, 0.05) is 24.4 Å². The van der Waals surface area contributed by atoms with Gasteiger partial charge in [0.05, 0.1) is 11.1 Å². The summed E-state index contributed by atoms with van der Waals surface area (Å²) >= 11 is 0. The molecule has 0 aliphatic heterocycles. The van der Waals surface area contributed by atoms with Crippen LogP contribution in [0.1, 0.15) is 11.1 Å². The van der Waals surface area contributed by atoms with Crippen molar-refractivity contribution in [1.82, 2.24) is 15.2 Å². The summed E-state index contributed by atoms with van der Waals surface area (Å²) in [5, 5.41) is 28.8. The van der Waals surface area contributed by atoms with E-state index in [2.05, 4.69) is 20.5 Å². The summed E-state index contributed by atoms with van der Waals surface area (Å²) in [7, 11) is 0. The number of nitrogens with zero attached hydrogens (tertiary/aromatic N) is 4. The Balaban J connectivity index is 2.18. The van der Waals surface area contributed by atoms with Crippen molar-refractivity contribution in [1.29, 1.82) is 5.26 Å². The Bertz CT molecular complexity index is 601. The molecule has 0 amide bonds. The Hall–Kier alpha value is -2.95. The van der Waals surface area contributed by atoms with E-state index in [1.165, 1.54) is 6.07 Å². The Morgan fingerprint density at radius 3 is 3.00 bits per heavy atom. The number of pyridine rings is 1. The zero-order chi connectivity index (χ0) is 13.0. The highest BCUT2D eigenvalue weighted by atomic mass is 16.6. The lowest BCUT2D eigenvalue weighted by Gasteiger charge is -2.05. The van der Waals surface area contributed by atoms with E-state index in [-0.39, 0.29) is 11.3 Å². The van der Waals surface area contributed by atoms with Crippen molar-refractivity contribution in [2.45, 2.75) is 6.54 Å². The Morgan fingerprint density at radius 2 is 2.39 bits per heavy atom. The standard InChI is InChI=1S/C10H8N6O2/c11-2-8-1-9(16(17)18)6-13-10(8)12-3-7-4-14-15-5-7/h1,4-6H,3H2,(H,12,13)(H,14,15). The summed E-state index contributed by atoms with van der Waals surface area (Å²) < 4.78 is 0. The number of nitrogens with one attached hydrogen (secondary N) is 2. The first kappa shape index (κ1) is 11.5. The van der Waals surface area contributed by atoms with Gasteiger partial charge in [0.1, 0.15) is 23.6 Å². The van der Waals surface area contributed by atoms with Crippen LogP contribution in [0.4, 0.5) is 11.5 Å². The van der Waals surface area contributed by atoms with E-state index in [0.717, 1.165) is 11.8 Å². The van der Waals surface area contributed by atoms with E-state index in [1.54, 1.807) is 12.4 Å². The van der Waals surface area contributed by atoms with Gasteiger partial charge in [-0.25, -0.2) is 4.98 Å². The van der Waals surface area contributed by atoms with Crippen LogP contribution in [0.3, 0.4) is 0 Å². The average molecular weight is 244 g/mol. The molecule has 0 bridgehead atoms. The lowest BCUT2D eigenvalue weighted by Crippen LogP contribution is -2.03. The van der Waals surface area contributed by atoms with Gasteiger partial charge in [0.15, 0.2) is 0 Å². The molecular formula is C10H8N6O2. The SMILES string of the molecule is N#Cc1cc([N+](=O)[O-])cnc1NCc1cn[nH]c1. The second kappa shape index (κ2) is 4.92. The van der Waals surface area contributed by atoms with E-state index in [0.29, 0.717) is 12.4 Å². The van der Waals surface area contributed by atoms with Gasteiger partial charge >= 0.3 is 0 Å². The van der Waals surface area contributed by atoms with E-state index >= 15 is 0 Å². The zero-order valence-electron chi connectivity index (χ0n) is 9.12. The minimum Gasteiger partial charge on any atom is -0.365 e. The molecule has 0 spiro atoms. The highest BCUT2D eigenvalue weighted by Crippen LogP contribution is 2.18. The van der Waals surface area contributed by atoms with Gasteiger partial charge in [0.25, 0.3) is 5.69 Å². The molecule has 0 saturated carbocycles. The van der Waals surface area contributed by atoms with Crippen molar-refractivity contribution in [3.05, 3.63) is 45.9 Å². The summed E-state index contributed by atoms with van der Waals surface area (Å²) in [5.74, 6) is 0.310. The molecule has 0 aliphatic rings. The molecule has 0 saturated heterocycles. The van der Waals surface area contributed by atoms with Crippen LogP contribution in [0.15, 0.2) is 24.7 Å². The van der Waals surface area contributed by atoms with E-state index in [1.807, 2.05) is 6.07 Å². The van der Waals surface area contributed by atoms with Crippen LogP contribution in [-0.4, -0.2) is 20.1 Å². The topological polar surface area (TPSA) is 121 Å². The van der Waals surface area contributed by atoms with E-state index in [4.69, 9.17) is 5.26 Å². The van der Waals surface area contributed by atoms with Gasteiger partial charge in [-0.15, -0.1) is 0 Å². The third kappa shape index (κ3) is 2.41. The van der Waals surface area contributed by atoms with E-state index < -0.39 is 4.92 Å². The second-order valence-electron chi connectivity index (χ2n) is 3.42.